The molecule has 1 aromatic heterocycles. The first-order valence-corrected chi connectivity index (χ1v) is 11.8. The van der Waals surface area contributed by atoms with E-state index in [1.807, 2.05) is 66.7 Å². The van der Waals surface area contributed by atoms with Gasteiger partial charge in [-0.2, -0.15) is 0 Å². The van der Waals surface area contributed by atoms with Crippen molar-refractivity contribution in [3.63, 3.8) is 0 Å². The first-order valence-electron chi connectivity index (χ1n) is 10.9. The van der Waals surface area contributed by atoms with Crippen molar-refractivity contribution >= 4 is 23.4 Å². The average molecular weight is 433 g/mol. The molecule has 1 atom stereocenters. The highest BCUT2D eigenvalue weighted by molar-refractivity contribution is 8.00. The Labute approximate surface area is 188 Å². The number of hydrogen-bond donors (Lipinski definition) is 1. The number of aromatic nitrogens is 3. The van der Waals surface area contributed by atoms with Gasteiger partial charge in [0.25, 0.3) is 0 Å². The molecule has 31 heavy (non-hydrogen) atoms. The number of allylic oxidation sites excluding steroid dienone is 1. The van der Waals surface area contributed by atoms with E-state index in [-0.39, 0.29) is 5.91 Å². The van der Waals surface area contributed by atoms with Crippen molar-refractivity contribution in [3.8, 4) is 0 Å². The van der Waals surface area contributed by atoms with Crippen LogP contribution in [-0.2, 0) is 11.3 Å². The molecular formula is C25H28N4OS. The number of anilines is 1. The highest BCUT2D eigenvalue weighted by Crippen LogP contribution is 2.38. The van der Waals surface area contributed by atoms with Crippen molar-refractivity contribution in [2.75, 3.05) is 5.32 Å². The van der Waals surface area contributed by atoms with E-state index < -0.39 is 5.25 Å². The van der Waals surface area contributed by atoms with E-state index in [4.69, 9.17) is 0 Å². The number of hydrogen-bond acceptors (Lipinski definition) is 4. The molecule has 6 heteroatoms. The summed E-state index contributed by atoms with van der Waals surface area (Å²) in [4.78, 5) is 13.3. The van der Waals surface area contributed by atoms with Gasteiger partial charge in [0.2, 0.25) is 5.91 Å². The third-order valence-corrected chi connectivity index (χ3v) is 6.87. The lowest BCUT2D eigenvalue weighted by Crippen LogP contribution is -2.20. The van der Waals surface area contributed by atoms with Gasteiger partial charge in [0.1, 0.15) is 11.1 Å². The second kappa shape index (κ2) is 10.4. The Morgan fingerprint density at radius 3 is 2.42 bits per heavy atom. The van der Waals surface area contributed by atoms with Crippen LogP contribution in [0.5, 0.6) is 0 Å². The van der Waals surface area contributed by atoms with Gasteiger partial charge in [0.15, 0.2) is 5.16 Å². The van der Waals surface area contributed by atoms with Gasteiger partial charge in [-0.15, -0.1) is 16.8 Å². The number of para-hydroxylation sites is 1. The van der Waals surface area contributed by atoms with E-state index in [2.05, 4.69) is 26.7 Å². The van der Waals surface area contributed by atoms with Crippen LogP contribution in [0, 0.1) is 0 Å². The molecule has 0 bridgehead atoms. The number of benzene rings is 2. The molecule has 1 aliphatic carbocycles. The van der Waals surface area contributed by atoms with Crippen molar-refractivity contribution in [2.45, 2.75) is 55.0 Å². The molecule has 1 saturated carbocycles. The quantitative estimate of drug-likeness (QED) is 0.351. The van der Waals surface area contributed by atoms with Gasteiger partial charge < -0.3 is 9.88 Å². The summed E-state index contributed by atoms with van der Waals surface area (Å²) in [5.41, 5.74) is 1.72. The summed E-state index contributed by atoms with van der Waals surface area (Å²) in [6.07, 6.45) is 7.94. The smallest absolute Gasteiger partial charge is 0.242 e. The van der Waals surface area contributed by atoms with E-state index >= 15 is 0 Å². The summed E-state index contributed by atoms with van der Waals surface area (Å²) in [6.45, 7) is 4.57. The first-order chi connectivity index (χ1) is 15.3. The summed E-state index contributed by atoms with van der Waals surface area (Å²) in [5, 5.41) is 12.4. The molecule has 160 valence electrons. The lowest BCUT2D eigenvalue weighted by atomic mass is 9.89. The Bertz CT molecular complexity index is 997. The summed E-state index contributed by atoms with van der Waals surface area (Å²) in [6, 6.07) is 19.4. The molecule has 0 spiro atoms. The summed E-state index contributed by atoms with van der Waals surface area (Å²) in [5.74, 6) is 1.39. The monoisotopic (exact) mass is 432 g/mol. The first kappa shape index (κ1) is 21.4. The zero-order chi connectivity index (χ0) is 21.5. The number of nitrogens with one attached hydrogen (secondary N) is 1. The zero-order valence-corrected chi connectivity index (χ0v) is 18.4. The fourth-order valence-corrected chi connectivity index (χ4v) is 5.14. The van der Waals surface area contributed by atoms with Gasteiger partial charge in [0, 0.05) is 18.2 Å². The summed E-state index contributed by atoms with van der Waals surface area (Å²) >= 11 is 1.45. The molecule has 1 amide bonds. The van der Waals surface area contributed by atoms with Crippen molar-refractivity contribution in [1.29, 1.82) is 0 Å². The number of carbonyl (C=O) groups excluding carboxylic acids is 1. The Kier molecular flexibility index (Phi) is 7.20. The molecular weight excluding hydrogens is 404 g/mol. The normalized spacial score (nSPS) is 15.4. The maximum absolute atomic E-state index is 13.3. The fourth-order valence-electron chi connectivity index (χ4n) is 4.09. The SMILES string of the molecule is C=CCn1c(SC(C(=O)Nc2ccccc2)c2ccccc2)nnc1C1CCCCC1. The second-order valence-corrected chi connectivity index (χ2v) is 8.91. The molecule has 1 unspecified atom stereocenters. The molecule has 0 aliphatic heterocycles. The minimum Gasteiger partial charge on any atom is -0.325 e. The zero-order valence-electron chi connectivity index (χ0n) is 17.6. The van der Waals surface area contributed by atoms with Gasteiger partial charge in [-0.1, -0.05) is 85.6 Å². The standard InChI is InChI=1S/C25H28N4OS/c1-2-18-29-23(20-14-8-4-9-15-20)27-28-25(29)31-22(19-12-6-3-7-13-19)24(30)26-21-16-10-5-11-17-21/h2-3,5-7,10-13,16-17,20,22H,1,4,8-9,14-15,18H2,(H,26,30). The molecule has 4 rings (SSSR count). The molecule has 1 heterocycles. The predicted octanol–water partition coefficient (Wildman–Crippen LogP) is 5.98. The molecule has 1 aliphatic rings. The molecule has 5 nitrogen and oxygen atoms in total. The van der Waals surface area contributed by atoms with Gasteiger partial charge in [-0.3, -0.25) is 4.79 Å². The van der Waals surface area contributed by atoms with Gasteiger partial charge in [-0.05, 0) is 30.5 Å². The maximum Gasteiger partial charge on any atom is 0.242 e. The summed E-state index contributed by atoms with van der Waals surface area (Å²) < 4.78 is 2.14. The third kappa shape index (κ3) is 5.25. The number of thioether (sulfide) groups is 1. The van der Waals surface area contributed by atoms with E-state index in [9.17, 15) is 4.79 Å². The van der Waals surface area contributed by atoms with E-state index in [0.717, 1.165) is 35.1 Å². The van der Waals surface area contributed by atoms with E-state index in [1.54, 1.807) is 0 Å². The fraction of sp³-hybridized carbons (Fsp3) is 0.320. The Morgan fingerprint density at radius 2 is 1.74 bits per heavy atom. The minimum absolute atomic E-state index is 0.0743. The molecule has 1 N–H and O–H groups in total. The van der Waals surface area contributed by atoms with Crippen molar-refractivity contribution in [2.24, 2.45) is 0 Å². The van der Waals surface area contributed by atoms with Gasteiger partial charge in [0.05, 0.1) is 0 Å². The topological polar surface area (TPSA) is 59.8 Å². The van der Waals surface area contributed by atoms with Crippen LogP contribution >= 0.6 is 11.8 Å². The van der Waals surface area contributed by atoms with Gasteiger partial charge in [-0.25, -0.2) is 0 Å². The Balaban J connectivity index is 1.63. The van der Waals surface area contributed by atoms with Crippen molar-refractivity contribution < 1.29 is 4.79 Å². The summed E-state index contributed by atoms with van der Waals surface area (Å²) in [7, 11) is 0. The Hall–Kier alpha value is -2.86. The largest absolute Gasteiger partial charge is 0.325 e. The van der Waals surface area contributed by atoms with Crippen LogP contribution in [0.4, 0.5) is 5.69 Å². The van der Waals surface area contributed by atoms with Crippen LogP contribution < -0.4 is 5.32 Å². The van der Waals surface area contributed by atoms with Crippen LogP contribution in [0.3, 0.4) is 0 Å². The maximum atomic E-state index is 13.3. The minimum atomic E-state index is -0.437. The van der Waals surface area contributed by atoms with E-state index in [0.29, 0.717) is 12.5 Å². The van der Waals surface area contributed by atoms with Crippen molar-refractivity contribution in [1.82, 2.24) is 14.8 Å². The number of nitrogens with zero attached hydrogens (tertiary/aromatic N) is 3. The highest BCUT2D eigenvalue weighted by Gasteiger charge is 2.28. The molecule has 0 radical (unpaired) electrons. The highest BCUT2D eigenvalue weighted by atomic mass is 32.2. The number of rotatable bonds is 8. The van der Waals surface area contributed by atoms with Crippen LogP contribution in [-0.4, -0.2) is 20.7 Å². The second-order valence-electron chi connectivity index (χ2n) is 7.84. The van der Waals surface area contributed by atoms with Crippen LogP contribution in [0.1, 0.15) is 54.7 Å². The molecule has 1 fully saturated rings. The number of carbonyl (C=O) groups is 1. The molecule has 2 aromatic carbocycles. The average Bonchev–Trinajstić information content (AvgIpc) is 3.22. The third-order valence-electron chi connectivity index (χ3n) is 5.63. The van der Waals surface area contributed by atoms with Crippen LogP contribution in [0.2, 0.25) is 0 Å². The molecule has 3 aromatic rings. The Morgan fingerprint density at radius 1 is 1.06 bits per heavy atom. The van der Waals surface area contributed by atoms with Crippen molar-refractivity contribution in [3.05, 3.63) is 84.7 Å². The van der Waals surface area contributed by atoms with Gasteiger partial charge >= 0.3 is 0 Å². The lowest BCUT2D eigenvalue weighted by Gasteiger charge is -2.22. The van der Waals surface area contributed by atoms with E-state index in [1.165, 1.54) is 31.0 Å². The number of amides is 1. The molecule has 0 saturated heterocycles. The van der Waals surface area contributed by atoms with Crippen LogP contribution in [0.15, 0.2) is 78.5 Å². The predicted molar refractivity (Wildman–Crippen MR) is 126 cm³/mol. The lowest BCUT2D eigenvalue weighted by molar-refractivity contribution is -0.115. The van der Waals surface area contributed by atoms with Crippen LogP contribution in [0.25, 0.3) is 0 Å².